The van der Waals surface area contributed by atoms with Crippen LogP contribution in [0.1, 0.15) is 59.3 Å². The van der Waals surface area contributed by atoms with E-state index in [4.69, 9.17) is 0 Å². The highest BCUT2D eigenvalue weighted by Crippen LogP contribution is 2.30. The largest absolute Gasteiger partial charge is 0.545 e. The summed E-state index contributed by atoms with van der Waals surface area (Å²) in [7, 11) is 0. The number of hydrogen-bond donors (Lipinski definition) is 1. The van der Waals surface area contributed by atoms with Crippen LogP contribution in [0.5, 0.6) is 0 Å². The van der Waals surface area contributed by atoms with E-state index in [0.29, 0.717) is 18.5 Å². The van der Waals surface area contributed by atoms with Gasteiger partial charge in [0.2, 0.25) is 5.91 Å². The van der Waals surface area contributed by atoms with E-state index in [1.54, 1.807) is 25.1 Å². The number of hydrogen-bond acceptors (Lipinski definition) is 4. The minimum absolute atomic E-state index is 0.0572. The summed E-state index contributed by atoms with van der Waals surface area (Å²) in [5.41, 5.74) is 0.623. The molecule has 2 aromatic rings. The van der Waals surface area contributed by atoms with Gasteiger partial charge in [0.05, 0.1) is 23.6 Å². The average molecular weight is 433 g/mol. The molecule has 3 rings (SSSR count). The number of likely N-dealkylation sites (tertiary alicyclic amines) is 1. The number of carboxylic acids is 1. The fourth-order valence-corrected chi connectivity index (χ4v) is 3.86. The molecular formula is C23H24F3N2O3-. The van der Waals surface area contributed by atoms with Gasteiger partial charge in [0.25, 0.3) is 0 Å². The number of carboxylic acid groups (broad SMARTS) is 1. The van der Waals surface area contributed by atoms with Gasteiger partial charge in [0.15, 0.2) is 0 Å². The third kappa shape index (κ3) is 5.85. The second kappa shape index (κ2) is 9.51. The van der Waals surface area contributed by atoms with Crippen LogP contribution in [-0.2, 0) is 17.5 Å². The van der Waals surface area contributed by atoms with Crippen molar-refractivity contribution in [3.05, 3.63) is 70.8 Å². The van der Waals surface area contributed by atoms with Crippen LogP contribution in [0.25, 0.3) is 0 Å². The van der Waals surface area contributed by atoms with Gasteiger partial charge < -0.3 is 15.2 Å². The fourth-order valence-electron chi connectivity index (χ4n) is 3.86. The van der Waals surface area contributed by atoms with Crippen molar-refractivity contribution < 1.29 is 27.9 Å². The molecule has 0 radical (unpaired) electrons. The first-order valence-electron chi connectivity index (χ1n) is 10.2. The number of nitrogens with zero attached hydrogens (tertiary/aromatic N) is 1. The number of carbonyl (C=O) groups excluding carboxylic acids is 2. The molecule has 8 heteroatoms. The standard InChI is InChI=1S/C23H25F3N2O3/c1-15(17-8-10-18(11-9-17)22(30)31)27-21(29)20-7-2-3-12-28(20)14-16-5-4-6-19(13-16)23(24,25)26/h4-6,8-11,13,15,20H,2-3,7,12,14H2,1H3,(H,27,29)(H,30,31)/p-1/t15-,20?/m0/s1. The maximum atomic E-state index is 13.0. The van der Waals surface area contributed by atoms with Crippen LogP contribution in [-0.4, -0.2) is 29.4 Å². The lowest BCUT2D eigenvalue weighted by molar-refractivity contribution is -0.255. The number of nitrogens with one attached hydrogen (secondary N) is 1. The highest BCUT2D eigenvalue weighted by molar-refractivity contribution is 5.85. The van der Waals surface area contributed by atoms with Crippen molar-refractivity contribution in [1.82, 2.24) is 10.2 Å². The van der Waals surface area contributed by atoms with Crippen molar-refractivity contribution in [1.29, 1.82) is 0 Å². The van der Waals surface area contributed by atoms with Crippen LogP contribution in [0.4, 0.5) is 13.2 Å². The Hall–Kier alpha value is -2.87. The van der Waals surface area contributed by atoms with Crippen LogP contribution in [0.2, 0.25) is 0 Å². The molecule has 1 aliphatic rings. The highest BCUT2D eigenvalue weighted by atomic mass is 19.4. The van der Waals surface area contributed by atoms with E-state index in [2.05, 4.69) is 5.32 Å². The van der Waals surface area contributed by atoms with Crippen LogP contribution in [0, 0.1) is 0 Å². The van der Waals surface area contributed by atoms with Crippen molar-refractivity contribution in [3.8, 4) is 0 Å². The Bertz CT molecular complexity index is 928. The molecule has 0 aliphatic carbocycles. The van der Waals surface area contributed by atoms with Gasteiger partial charge in [-0.2, -0.15) is 13.2 Å². The van der Waals surface area contributed by atoms with Gasteiger partial charge in [-0.15, -0.1) is 0 Å². The summed E-state index contributed by atoms with van der Waals surface area (Å²) in [6.07, 6.45) is -2.04. The van der Waals surface area contributed by atoms with E-state index in [1.807, 2.05) is 4.90 Å². The molecule has 1 N–H and O–H groups in total. The van der Waals surface area contributed by atoms with Gasteiger partial charge in [-0.05, 0) is 49.1 Å². The van der Waals surface area contributed by atoms with Crippen LogP contribution in [0.3, 0.4) is 0 Å². The summed E-state index contributed by atoms with van der Waals surface area (Å²) >= 11 is 0. The van der Waals surface area contributed by atoms with E-state index in [-0.39, 0.29) is 24.1 Å². The molecule has 2 aromatic carbocycles. The van der Waals surface area contributed by atoms with Gasteiger partial charge in [-0.1, -0.05) is 48.9 Å². The topological polar surface area (TPSA) is 72.5 Å². The van der Waals surface area contributed by atoms with Crippen LogP contribution >= 0.6 is 0 Å². The molecule has 0 bridgehead atoms. The highest BCUT2D eigenvalue weighted by Gasteiger charge is 2.32. The number of alkyl halides is 3. The lowest BCUT2D eigenvalue weighted by Gasteiger charge is -2.35. The summed E-state index contributed by atoms with van der Waals surface area (Å²) in [6, 6.07) is 10.5. The van der Waals surface area contributed by atoms with Gasteiger partial charge in [-0.25, -0.2) is 0 Å². The summed E-state index contributed by atoms with van der Waals surface area (Å²) in [5.74, 6) is -1.46. The van der Waals surface area contributed by atoms with Crippen molar-refractivity contribution in [2.75, 3.05) is 6.54 Å². The van der Waals surface area contributed by atoms with Gasteiger partial charge in [0.1, 0.15) is 0 Å². The van der Waals surface area contributed by atoms with E-state index in [9.17, 15) is 27.9 Å². The molecule has 1 heterocycles. The number of halogens is 3. The number of aromatic carboxylic acids is 1. The summed E-state index contributed by atoms with van der Waals surface area (Å²) in [6.45, 7) is 2.69. The van der Waals surface area contributed by atoms with E-state index in [0.717, 1.165) is 30.5 Å². The molecule has 5 nitrogen and oxygen atoms in total. The average Bonchev–Trinajstić information content (AvgIpc) is 2.73. The minimum Gasteiger partial charge on any atom is -0.545 e. The van der Waals surface area contributed by atoms with E-state index >= 15 is 0 Å². The van der Waals surface area contributed by atoms with Gasteiger partial charge in [0, 0.05) is 6.54 Å². The molecule has 1 aliphatic heterocycles. The lowest BCUT2D eigenvalue weighted by atomic mass is 9.99. The van der Waals surface area contributed by atoms with Crippen molar-refractivity contribution in [2.45, 2.75) is 51.0 Å². The number of benzene rings is 2. The monoisotopic (exact) mass is 433 g/mol. The molecule has 166 valence electrons. The molecule has 31 heavy (non-hydrogen) atoms. The lowest BCUT2D eigenvalue weighted by Crippen LogP contribution is -2.49. The molecule has 1 amide bonds. The second-order valence-electron chi connectivity index (χ2n) is 7.82. The molecule has 1 fully saturated rings. The smallest absolute Gasteiger partial charge is 0.416 e. The summed E-state index contributed by atoms with van der Waals surface area (Å²) < 4.78 is 39.0. The van der Waals surface area contributed by atoms with Crippen molar-refractivity contribution in [3.63, 3.8) is 0 Å². The predicted molar refractivity (Wildman–Crippen MR) is 107 cm³/mol. The maximum absolute atomic E-state index is 13.0. The van der Waals surface area contributed by atoms with Gasteiger partial charge in [-0.3, -0.25) is 9.69 Å². The first kappa shape index (κ1) is 22.8. The number of rotatable bonds is 6. The summed E-state index contributed by atoms with van der Waals surface area (Å²) in [5, 5.41) is 13.8. The summed E-state index contributed by atoms with van der Waals surface area (Å²) in [4.78, 5) is 25.7. The zero-order valence-electron chi connectivity index (χ0n) is 17.1. The molecule has 2 atom stereocenters. The zero-order chi connectivity index (χ0) is 22.6. The molecule has 1 saturated heterocycles. The fraction of sp³-hybridized carbons (Fsp3) is 0.391. The quantitative estimate of drug-likeness (QED) is 0.759. The Morgan fingerprint density at radius 2 is 1.87 bits per heavy atom. The molecule has 0 spiro atoms. The Morgan fingerprint density at radius 1 is 1.16 bits per heavy atom. The second-order valence-corrected chi connectivity index (χ2v) is 7.82. The molecular weight excluding hydrogens is 409 g/mol. The first-order chi connectivity index (χ1) is 14.6. The van der Waals surface area contributed by atoms with E-state index in [1.165, 1.54) is 18.2 Å². The Kier molecular flexibility index (Phi) is 7.00. The number of carbonyl (C=O) groups is 2. The molecule has 1 unspecified atom stereocenters. The Balaban J connectivity index is 1.68. The molecule has 0 saturated carbocycles. The van der Waals surface area contributed by atoms with Crippen LogP contribution < -0.4 is 10.4 Å². The van der Waals surface area contributed by atoms with Crippen LogP contribution in [0.15, 0.2) is 48.5 Å². The SMILES string of the molecule is C[C@H](NC(=O)C1CCCCN1Cc1cccc(C(F)(F)F)c1)c1ccc(C(=O)[O-])cc1. The molecule has 0 aromatic heterocycles. The van der Waals surface area contributed by atoms with E-state index < -0.39 is 23.8 Å². The van der Waals surface area contributed by atoms with Crippen molar-refractivity contribution in [2.24, 2.45) is 0 Å². The Morgan fingerprint density at radius 3 is 2.52 bits per heavy atom. The number of amides is 1. The van der Waals surface area contributed by atoms with Gasteiger partial charge >= 0.3 is 6.18 Å². The third-order valence-electron chi connectivity index (χ3n) is 5.56. The predicted octanol–water partition coefficient (Wildman–Crippen LogP) is 3.30. The minimum atomic E-state index is -4.41. The van der Waals surface area contributed by atoms with Crippen molar-refractivity contribution >= 4 is 11.9 Å². The normalized spacial score (nSPS) is 18.4. The third-order valence-corrected chi connectivity index (χ3v) is 5.56. The maximum Gasteiger partial charge on any atom is 0.416 e. The zero-order valence-corrected chi connectivity index (χ0v) is 17.1. The number of piperidine rings is 1. The Labute approximate surface area is 178 Å². The first-order valence-corrected chi connectivity index (χ1v) is 10.2.